The Bertz CT molecular complexity index is 2750. The first-order chi connectivity index (χ1) is 37.4. The molecule has 0 aliphatic carbocycles. The summed E-state index contributed by atoms with van der Waals surface area (Å²) < 4.78 is 43.6. The van der Waals surface area contributed by atoms with Gasteiger partial charge in [0.1, 0.15) is 42.3 Å². The molecule has 2 aromatic carbocycles. The number of aliphatic imine (C=N–C) groups is 2. The van der Waals surface area contributed by atoms with E-state index in [4.69, 9.17) is 28.7 Å². The molecule has 2 heterocycles. The molecule has 30 heteroatoms. The average molecular weight is 1110 g/mol. The average Bonchev–Trinajstić information content (AvgIpc) is 3.79. The number of hydrogen-bond donors (Lipinski definition) is 15. The number of carbonyl (C=O) groups is 10. The van der Waals surface area contributed by atoms with E-state index in [-0.39, 0.29) is 76.5 Å². The smallest absolute Gasteiger partial charge is 0.326 e. The number of nitrogens with one attached hydrogen (secondary N) is 9. The minimum atomic E-state index is -1.96. The van der Waals surface area contributed by atoms with Crippen molar-refractivity contribution < 1.29 is 66.2 Å². The second-order valence-corrected chi connectivity index (χ2v) is 18.5. The second-order valence-electron chi connectivity index (χ2n) is 18.5. The van der Waals surface area contributed by atoms with Gasteiger partial charge < -0.3 is 81.3 Å². The van der Waals surface area contributed by atoms with Gasteiger partial charge in [-0.15, -0.1) is 0 Å². The van der Waals surface area contributed by atoms with Crippen molar-refractivity contribution in [2.45, 2.75) is 126 Å². The summed E-state index contributed by atoms with van der Waals surface area (Å²) in [4.78, 5) is 147. The van der Waals surface area contributed by atoms with Gasteiger partial charge in [0.2, 0.25) is 53.2 Å². The topological polar surface area (TPSA) is 458 Å². The number of para-hydroxylation sites is 1. The van der Waals surface area contributed by atoms with Crippen LogP contribution in [0.2, 0.25) is 0 Å². The van der Waals surface area contributed by atoms with Gasteiger partial charge in [0.05, 0.1) is 0 Å². The third-order valence-corrected chi connectivity index (χ3v) is 12.3. The summed E-state index contributed by atoms with van der Waals surface area (Å²) in [6, 6.07) is -3.53. The lowest BCUT2D eigenvalue weighted by Gasteiger charge is -2.28. The third kappa shape index (κ3) is 20.8. The van der Waals surface area contributed by atoms with Crippen LogP contribution in [0.3, 0.4) is 0 Å². The molecule has 1 saturated heterocycles. The van der Waals surface area contributed by atoms with Crippen LogP contribution in [0.25, 0.3) is 10.9 Å². The molecule has 430 valence electrons. The van der Waals surface area contributed by atoms with Crippen molar-refractivity contribution in [1.29, 1.82) is 0 Å². The quantitative estimate of drug-likeness (QED) is 0.0245. The third-order valence-electron chi connectivity index (χ3n) is 12.3. The number of H-pyrrole nitrogens is 1. The maximum absolute atomic E-state index is 14.7. The summed E-state index contributed by atoms with van der Waals surface area (Å²) in [5.41, 5.74) is 28.0. The summed E-state index contributed by atoms with van der Waals surface area (Å²) in [6.45, 7) is 0.894. The van der Waals surface area contributed by atoms with Crippen LogP contribution < -0.4 is 71.2 Å². The van der Waals surface area contributed by atoms with Crippen LogP contribution in [0.5, 0.6) is 0 Å². The Kier molecular flexibility index (Phi) is 24.3. The fourth-order valence-electron chi connectivity index (χ4n) is 8.30. The number of guanidine groups is 2. The number of rotatable bonds is 19. The number of hydrogen-bond acceptors (Lipinski definition) is 12. The highest BCUT2D eigenvalue weighted by atomic mass is 19.2. The van der Waals surface area contributed by atoms with E-state index in [0.717, 1.165) is 6.92 Å². The van der Waals surface area contributed by atoms with Gasteiger partial charge in [-0.05, 0) is 80.7 Å². The zero-order chi connectivity index (χ0) is 58.3. The van der Waals surface area contributed by atoms with Crippen LogP contribution in [0.4, 0.5) is 13.2 Å². The first kappa shape index (κ1) is 62.5. The van der Waals surface area contributed by atoms with Gasteiger partial charge in [0, 0.05) is 69.3 Å². The van der Waals surface area contributed by atoms with Crippen molar-refractivity contribution in [3.63, 3.8) is 0 Å². The summed E-state index contributed by atoms with van der Waals surface area (Å²) in [5, 5.41) is 30.6. The van der Waals surface area contributed by atoms with E-state index in [1.54, 1.807) is 30.5 Å². The molecule has 1 fully saturated rings. The number of aromatic nitrogens is 1. The van der Waals surface area contributed by atoms with Crippen molar-refractivity contribution in [3.8, 4) is 0 Å². The molecule has 79 heavy (non-hydrogen) atoms. The number of amides is 9. The Morgan fingerprint density at radius 3 is 1.92 bits per heavy atom. The molecule has 0 radical (unpaired) electrons. The predicted molar refractivity (Wildman–Crippen MR) is 279 cm³/mol. The monoisotopic (exact) mass is 1110 g/mol. The number of aromatic amines is 1. The fraction of sp³-hybridized carbons (Fsp3) is 0.469. The van der Waals surface area contributed by atoms with E-state index in [1.807, 2.05) is 0 Å². The minimum absolute atomic E-state index is 0.0267. The van der Waals surface area contributed by atoms with Gasteiger partial charge in [-0.3, -0.25) is 53.1 Å². The van der Waals surface area contributed by atoms with Gasteiger partial charge in [-0.2, -0.15) is 0 Å². The van der Waals surface area contributed by atoms with E-state index in [9.17, 15) is 66.2 Å². The van der Waals surface area contributed by atoms with E-state index in [0.29, 0.717) is 28.6 Å². The largest absolute Gasteiger partial charge is 0.480 e. The lowest BCUT2D eigenvalue weighted by atomic mass is 10.0. The highest BCUT2D eigenvalue weighted by Crippen LogP contribution is 2.20. The van der Waals surface area contributed by atoms with E-state index < -0.39 is 157 Å². The molecule has 3 aromatic rings. The van der Waals surface area contributed by atoms with Crippen LogP contribution in [0.1, 0.15) is 82.3 Å². The number of primary amides is 1. The van der Waals surface area contributed by atoms with Gasteiger partial charge in [-0.1, -0.05) is 18.2 Å². The summed E-state index contributed by atoms with van der Waals surface area (Å²) in [7, 11) is 0. The molecule has 1 aliphatic rings. The molecule has 27 nitrogen and oxygen atoms in total. The fourth-order valence-corrected chi connectivity index (χ4v) is 8.30. The second kappa shape index (κ2) is 30.7. The summed E-state index contributed by atoms with van der Waals surface area (Å²) in [5.74, 6) is -16.2. The molecule has 0 saturated carbocycles. The van der Waals surface area contributed by atoms with Gasteiger partial charge in [0.25, 0.3) is 0 Å². The number of carboxylic acid groups (broad SMARTS) is 1. The molecular weight excluding hydrogens is 1050 g/mol. The molecule has 20 N–H and O–H groups in total. The number of nitrogens with zero attached hydrogens (tertiary/aromatic N) is 2. The Morgan fingerprint density at radius 2 is 1.30 bits per heavy atom. The predicted octanol–water partition coefficient (Wildman–Crippen LogP) is -3.07. The van der Waals surface area contributed by atoms with Crippen molar-refractivity contribution in [3.05, 3.63) is 71.2 Å². The van der Waals surface area contributed by atoms with Gasteiger partial charge >= 0.3 is 5.97 Å². The Balaban J connectivity index is 1.83. The maximum atomic E-state index is 14.7. The Labute approximate surface area is 450 Å². The molecule has 9 amide bonds. The highest BCUT2D eigenvalue weighted by Gasteiger charge is 2.35. The molecule has 0 spiro atoms. The number of fused-ring (bicyclic) bond motifs is 1. The zero-order valence-electron chi connectivity index (χ0n) is 43.1. The van der Waals surface area contributed by atoms with Crippen LogP contribution >= 0.6 is 0 Å². The number of carboxylic acids is 1. The molecule has 1 unspecified atom stereocenters. The van der Waals surface area contributed by atoms with Crippen molar-refractivity contribution >= 4 is 82.0 Å². The number of halogens is 3. The SMILES string of the molecule is CC(=O)N[C@@H](CCCN=C(N)N)C(=O)N[C@H]1CCC(=O)NCCCC(C(=O)O)NC(=O)[C@H](Cc2c[nH]c3ccccc23)NC(=O)[C@H](CCCN=C(N)N)NC(=O)[C@@H](Cc2cc(F)c(F)c(F)c2)NC(=O)[C@H](CCC(N)=O)NC1=O. The van der Waals surface area contributed by atoms with Crippen molar-refractivity contribution in [1.82, 2.24) is 47.5 Å². The normalized spacial score (nSPS) is 20.6. The first-order valence-corrected chi connectivity index (χ1v) is 25.1. The van der Waals surface area contributed by atoms with Crippen molar-refractivity contribution in [2.75, 3.05) is 19.6 Å². The number of aliphatic carboxylic acids is 1. The molecule has 4 rings (SSSR count). The van der Waals surface area contributed by atoms with E-state index >= 15 is 0 Å². The minimum Gasteiger partial charge on any atom is -0.480 e. The lowest BCUT2D eigenvalue weighted by Crippen LogP contribution is -2.60. The molecular formula is C49H67F3N16O11. The molecule has 7 atom stereocenters. The molecule has 1 aromatic heterocycles. The van der Waals surface area contributed by atoms with Crippen LogP contribution in [0.15, 0.2) is 52.6 Å². The number of nitrogens with two attached hydrogens (primary N) is 5. The molecule has 1 aliphatic heterocycles. The van der Waals surface area contributed by atoms with Crippen LogP contribution in [0, 0.1) is 17.5 Å². The van der Waals surface area contributed by atoms with Crippen molar-refractivity contribution in [2.24, 2.45) is 38.7 Å². The Hall–Kier alpha value is -8.99. The number of carbonyl (C=O) groups excluding carboxylic acids is 9. The first-order valence-electron chi connectivity index (χ1n) is 25.1. The highest BCUT2D eigenvalue weighted by molar-refractivity contribution is 5.98. The van der Waals surface area contributed by atoms with Gasteiger partial charge in [-0.25, -0.2) is 18.0 Å². The van der Waals surface area contributed by atoms with E-state index in [2.05, 4.69) is 57.5 Å². The maximum Gasteiger partial charge on any atom is 0.326 e. The summed E-state index contributed by atoms with van der Waals surface area (Å²) >= 11 is 0. The number of benzene rings is 2. The van der Waals surface area contributed by atoms with Gasteiger partial charge in [0.15, 0.2) is 29.4 Å². The lowest BCUT2D eigenvalue weighted by molar-refractivity contribution is -0.142. The summed E-state index contributed by atoms with van der Waals surface area (Å²) in [6.07, 6.45) is -2.17. The zero-order valence-corrected chi connectivity index (χ0v) is 43.1. The van der Waals surface area contributed by atoms with Crippen LogP contribution in [-0.2, 0) is 60.8 Å². The molecule has 0 bridgehead atoms. The van der Waals surface area contributed by atoms with E-state index in [1.165, 1.54) is 0 Å². The Morgan fingerprint density at radius 1 is 0.734 bits per heavy atom. The standard InChI is InChI=1S/C49H67F3N16O11/c1-24(69)62-31(9-4-17-59-48(54)55)41(72)65-34-13-15-39(71)58-16-6-11-35(47(78)79)66-46(77)37(22-26-23-61-30-8-3-2-7-27(26)30)68-42(73)32(10-5-18-60-49(56)57)63-45(76)36(21-25-19-28(50)40(52)29(51)20-25)67-44(75)33(64-43(34)74)12-14-38(53)70/h2-3,7-8,19-20,23,31-37,61H,4-6,9-18,21-22H2,1H3,(H2,53,70)(H,58,71)(H,62,69)(H,63,76)(H,64,74)(H,65,72)(H,66,77)(H,67,75)(H,68,73)(H,78,79)(H4,54,55,59)(H4,56,57,60)/t31-,32-,33-,34-,35?,36+,37-/m0/s1. The van der Waals surface area contributed by atoms with Crippen LogP contribution in [-0.4, -0.2) is 143 Å².